The Bertz CT molecular complexity index is 1900. The van der Waals surface area contributed by atoms with Crippen molar-refractivity contribution in [2.24, 2.45) is 0 Å². The van der Waals surface area contributed by atoms with Gasteiger partial charge in [-0.15, -0.1) is 41.4 Å². The molecule has 1 aliphatic rings. The van der Waals surface area contributed by atoms with Gasteiger partial charge in [0.25, 0.3) is 0 Å². The molecule has 41 heavy (non-hydrogen) atoms. The molecule has 0 radical (unpaired) electrons. The van der Waals surface area contributed by atoms with Gasteiger partial charge in [-0.3, -0.25) is 4.85 Å². The van der Waals surface area contributed by atoms with Crippen molar-refractivity contribution in [3.63, 3.8) is 0 Å². The summed E-state index contributed by atoms with van der Waals surface area (Å²) in [5.74, 6) is 1.65. The Balaban J connectivity index is 0.00000337. The summed E-state index contributed by atoms with van der Waals surface area (Å²) in [4.78, 5) is 12.1. The van der Waals surface area contributed by atoms with Gasteiger partial charge in [0.05, 0.1) is 23.9 Å². The molecule has 7 nitrogen and oxygen atoms in total. The Labute approximate surface area is 254 Å². The standard InChI is InChI=1S/C33H25N6O.Pt/c1-33(2,3)23-10-11-36-32(15-23)39-30-9-6-22(20-34)14-29(30)28-8-7-26(19-31(28)39)40-27-17-24(35-4)16-25(18-27)38-13-12-37(5)21-38;/h6-17,21H,1-3,5H3;/q-3;. The van der Waals surface area contributed by atoms with Crippen LogP contribution >= 0.6 is 0 Å². The fourth-order valence-corrected chi connectivity index (χ4v) is 4.78. The predicted molar refractivity (Wildman–Crippen MR) is 156 cm³/mol. The van der Waals surface area contributed by atoms with Crippen LogP contribution in [0.3, 0.4) is 0 Å². The van der Waals surface area contributed by atoms with Gasteiger partial charge in [-0.25, -0.2) is 4.98 Å². The number of hydrogen-bond donors (Lipinski definition) is 0. The predicted octanol–water partition coefficient (Wildman–Crippen LogP) is 7.63. The summed E-state index contributed by atoms with van der Waals surface area (Å²) in [6, 6.07) is 26.0. The van der Waals surface area contributed by atoms with E-state index in [2.05, 4.69) is 54.5 Å². The molecule has 2 aromatic heterocycles. The smallest absolute Gasteiger partial charge is 0.135 e. The largest absolute Gasteiger partial charge is 0.510 e. The van der Waals surface area contributed by atoms with Gasteiger partial charge >= 0.3 is 0 Å². The van der Waals surface area contributed by atoms with Crippen LogP contribution < -0.4 is 9.64 Å². The average Bonchev–Trinajstić information content (AvgIpc) is 3.52. The fraction of sp³-hybridized carbons (Fsp3) is 0.152. The topological polar surface area (TPSA) is 61.7 Å². The van der Waals surface area contributed by atoms with Crippen molar-refractivity contribution >= 4 is 33.2 Å². The molecule has 3 aromatic carbocycles. The van der Waals surface area contributed by atoms with Crippen LogP contribution in [0.15, 0.2) is 73.2 Å². The van der Waals surface area contributed by atoms with Gasteiger partial charge in [0.1, 0.15) is 5.82 Å². The van der Waals surface area contributed by atoms with Gasteiger partial charge in [0.15, 0.2) is 0 Å². The molecule has 6 rings (SSSR count). The van der Waals surface area contributed by atoms with Gasteiger partial charge in [-0.2, -0.15) is 18.0 Å². The maximum atomic E-state index is 9.55. The number of nitriles is 1. The summed E-state index contributed by atoms with van der Waals surface area (Å²) in [5, 5.41) is 11.4. The molecule has 0 unspecified atom stereocenters. The van der Waals surface area contributed by atoms with Crippen molar-refractivity contribution in [3.05, 3.63) is 115 Å². The van der Waals surface area contributed by atoms with Crippen LogP contribution in [0.1, 0.15) is 31.9 Å². The number of pyridine rings is 1. The third kappa shape index (κ3) is 5.30. The molecule has 8 heteroatoms. The van der Waals surface area contributed by atoms with Crippen molar-refractivity contribution in [1.29, 1.82) is 5.26 Å². The molecule has 0 amide bonds. The van der Waals surface area contributed by atoms with E-state index in [1.165, 1.54) is 0 Å². The first-order chi connectivity index (χ1) is 19.2. The molecule has 5 aromatic rings. The first kappa shape index (κ1) is 28.0. The second-order valence-electron chi connectivity index (χ2n) is 10.7. The normalized spacial score (nSPS) is 12.8. The third-order valence-corrected chi connectivity index (χ3v) is 6.83. The summed E-state index contributed by atoms with van der Waals surface area (Å²) in [7, 11) is 1.93. The third-order valence-electron chi connectivity index (χ3n) is 6.83. The van der Waals surface area contributed by atoms with Crippen LogP contribution in [0.2, 0.25) is 0 Å². The van der Waals surface area contributed by atoms with E-state index in [-0.39, 0.29) is 26.5 Å². The molecule has 0 saturated heterocycles. The summed E-state index contributed by atoms with van der Waals surface area (Å²) >= 11 is 0. The van der Waals surface area contributed by atoms with Gasteiger partial charge in [-0.1, -0.05) is 26.3 Å². The molecule has 0 aliphatic carbocycles. The van der Waals surface area contributed by atoms with Gasteiger partial charge < -0.3 is 19.1 Å². The van der Waals surface area contributed by atoms with Crippen molar-refractivity contribution in [1.82, 2.24) is 14.5 Å². The maximum Gasteiger partial charge on any atom is 0.135 e. The zero-order chi connectivity index (χ0) is 28.0. The number of benzene rings is 3. The Kier molecular flexibility index (Phi) is 7.35. The first-order valence-corrected chi connectivity index (χ1v) is 12.8. The number of ether oxygens (including phenoxy) is 1. The maximum absolute atomic E-state index is 9.55. The van der Waals surface area contributed by atoms with E-state index < -0.39 is 0 Å². The Morgan fingerprint density at radius 1 is 1.00 bits per heavy atom. The van der Waals surface area contributed by atoms with E-state index in [1.54, 1.807) is 12.1 Å². The zero-order valence-electron chi connectivity index (χ0n) is 22.9. The van der Waals surface area contributed by atoms with Crippen LogP contribution in [0.4, 0.5) is 11.4 Å². The zero-order valence-corrected chi connectivity index (χ0v) is 25.2. The molecular weight excluding hydrogens is 691 g/mol. The van der Waals surface area contributed by atoms with Gasteiger partial charge in [0.2, 0.25) is 0 Å². The molecule has 3 heterocycles. The Morgan fingerprint density at radius 2 is 1.83 bits per heavy atom. The number of fused-ring (bicyclic) bond motifs is 3. The van der Waals surface area contributed by atoms with Crippen molar-refractivity contribution in [2.45, 2.75) is 26.2 Å². The van der Waals surface area contributed by atoms with E-state index in [1.807, 2.05) is 78.5 Å². The van der Waals surface area contributed by atoms with Gasteiger partial charge in [-0.05, 0) is 66.1 Å². The van der Waals surface area contributed by atoms with E-state index in [9.17, 15) is 5.26 Å². The van der Waals surface area contributed by atoms with E-state index in [4.69, 9.17) is 16.3 Å². The minimum atomic E-state index is -0.0549. The first-order valence-electron chi connectivity index (χ1n) is 12.8. The molecule has 206 valence electrons. The number of anilines is 1. The number of hydrogen-bond acceptors (Lipinski definition) is 5. The molecule has 1 aliphatic heterocycles. The molecular formula is C33H25N6OPt-3. The summed E-state index contributed by atoms with van der Waals surface area (Å²) < 4.78 is 8.30. The SMILES string of the molecule is [C-]#[N+]c1cc(Oc2[c-]c3c(cc2)c2cc(C#N)ccc2n3-c2cc(C(C)(C)C)ccn2)[c-]c(N2C=CN(C)[CH-]2)c1.[Pt]. The summed E-state index contributed by atoms with van der Waals surface area (Å²) in [5.41, 5.74) is 4.53. The molecule has 0 bridgehead atoms. The van der Waals surface area contributed by atoms with Crippen molar-refractivity contribution in [3.8, 4) is 23.4 Å². The number of rotatable bonds is 4. The Morgan fingerprint density at radius 3 is 2.54 bits per heavy atom. The molecule has 0 N–H and O–H groups in total. The quantitative estimate of drug-likeness (QED) is 0.179. The second-order valence-corrected chi connectivity index (χ2v) is 10.7. The van der Waals surface area contributed by atoms with Crippen LogP contribution in [-0.4, -0.2) is 21.5 Å². The summed E-state index contributed by atoms with van der Waals surface area (Å²) in [6.07, 6.45) is 5.64. The van der Waals surface area contributed by atoms with Crippen LogP contribution in [0.5, 0.6) is 11.5 Å². The molecule has 0 spiro atoms. The summed E-state index contributed by atoms with van der Waals surface area (Å²) in [6.45, 7) is 16.0. The Hall–Kier alpha value is -4.58. The monoisotopic (exact) mass is 716 g/mol. The van der Waals surface area contributed by atoms with Crippen LogP contribution in [0, 0.1) is 36.7 Å². The minimum absolute atomic E-state index is 0. The second kappa shape index (κ2) is 10.8. The minimum Gasteiger partial charge on any atom is -0.510 e. The van der Waals surface area contributed by atoms with Crippen LogP contribution in [0.25, 0.3) is 32.5 Å². The number of nitrogens with zero attached hydrogens (tertiary/aromatic N) is 6. The fourth-order valence-electron chi connectivity index (χ4n) is 4.78. The van der Waals surface area contributed by atoms with E-state index in [0.29, 0.717) is 28.4 Å². The molecule has 0 saturated carbocycles. The van der Waals surface area contributed by atoms with E-state index in [0.717, 1.165) is 33.2 Å². The molecule has 0 atom stereocenters. The number of aromatic nitrogens is 2. The van der Waals surface area contributed by atoms with Crippen molar-refractivity contribution in [2.75, 3.05) is 11.9 Å². The molecule has 0 fully saturated rings. The average molecular weight is 717 g/mol. The van der Waals surface area contributed by atoms with Crippen LogP contribution in [-0.2, 0) is 26.5 Å². The van der Waals surface area contributed by atoms with E-state index >= 15 is 0 Å². The van der Waals surface area contributed by atoms with Gasteiger partial charge in [0, 0.05) is 44.3 Å². The van der Waals surface area contributed by atoms with Crippen molar-refractivity contribution < 1.29 is 25.8 Å².